The highest BCUT2D eigenvalue weighted by Gasteiger charge is 2.44. The Balaban J connectivity index is 1.85. The largest absolute Gasteiger partial charge is 0.394 e. The summed E-state index contributed by atoms with van der Waals surface area (Å²) in [5, 5.41) is 39.1. The highest BCUT2D eigenvalue weighted by atomic mass is 32.2. The number of rotatable bonds is 3. The van der Waals surface area contributed by atoms with Gasteiger partial charge in [-0.3, -0.25) is 0 Å². The molecule has 1 aliphatic heterocycles. The van der Waals surface area contributed by atoms with E-state index in [1.54, 1.807) is 0 Å². The fourth-order valence-corrected chi connectivity index (χ4v) is 3.20. The summed E-state index contributed by atoms with van der Waals surface area (Å²) in [5.74, 6) is 0. The predicted octanol–water partition coefficient (Wildman–Crippen LogP) is -1.76. The first-order valence-corrected chi connectivity index (χ1v) is 7.11. The third-order valence-corrected chi connectivity index (χ3v) is 4.42. The lowest BCUT2D eigenvalue weighted by atomic mass is 10.0. The van der Waals surface area contributed by atoms with E-state index in [-0.39, 0.29) is 0 Å². The number of aliphatic hydroxyl groups excluding tert-OH is 4. The average molecular weight is 314 g/mol. The maximum atomic E-state index is 10.00. The molecule has 0 aliphatic carbocycles. The maximum Gasteiger partial charge on any atom is 0.181 e. The molecule has 2 aromatic rings. The van der Waals surface area contributed by atoms with Crippen molar-refractivity contribution < 1.29 is 25.2 Å². The number of aliphatic hydroxyl groups is 4. The van der Waals surface area contributed by atoms with Gasteiger partial charge in [-0.15, -0.1) is 0 Å². The van der Waals surface area contributed by atoms with Crippen molar-refractivity contribution in [3.05, 3.63) is 12.7 Å². The first-order valence-electron chi connectivity index (χ1n) is 6.23. The number of nitrogens with zero attached hydrogens (tertiary/aromatic N) is 3. The van der Waals surface area contributed by atoms with Crippen LogP contribution in [0.15, 0.2) is 17.7 Å². The van der Waals surface area contributed by atoms with Crippen LogP contribution in [0.25, 0.3) is 11.2 Å². The number of H-pyrrole nitrogens is 1. The van der Waals surface area contributed by atoms with Crippen LogP contribution in [0.5, 0.6) is 0 Å². The molecule has 0 spiro atoms. The second kappa shape index (κ2) is 5.83. The molecule has 21 heavy (non-hydrogen) atoms. The first-order chi connectivity index (χ1) is 10.1. The van der Waals surface area contributed by atoms with E-state index in [0.717, 1.165) is 11.8 Å². The molecule has 9 nitrogen and oxygen atoms in total. The van der Waals surface area contributed by atoms with Gasteiger partial charge in [-0.2, -0.15) is 0 Å². The Morgan fingerprint density at radius 2 is 1.95 bits per heavy atom. The third kappa shape index (κ3) is 2.61. The highest BCUT2D eigenvalue weighted by molar-refractivity contribution is 8.00. The normalized spacial score (nSPS) is 33.4. The average Bonchev–Trinajstić information content (AvgIpc) is 2.97. The molecule has 1 saturated heterocycles. The van der Waals surface area contributed by atoms with Crippen LogP contribution in [0.2, 0.25) is 0 Å². The molecule has 3 heterocycles. The number of fused-ring (bicyclic) bond motifs is 1. The van der Waals surface area contributed by atoms with E-state index in [2.05, 4.69) is 19.9 Å². The van der Waals surface area contributed by atoms with Gasteiger partial charge < -0.3 is 30.1 Å². The van der Waals surface area contributed by atoms with Gasteiger partial charge in [0.25, 0.3) is 0 Å². The van der Waals surface area contributed by atoms with E-state index in [1.165, 1.54) is 12.7 Å². The van der Waals surface area contributed by atoms with E-state index < -0.39 is 36.5 Å². The summed E-state index contributed by atoms with van der Waals surface area (Å²) in [5.41, 5.74) is 0.165. The quantitative estimate of drug-likeness (QED) is 0.416. The standard InChI is InChI=1S/C11H14N4O5S/c16-1-4-6(17)7(18)8(19)11(20-4)21-10-5-9(13-2-12-5)14-3-15-10/h2-4,6-8,11,16-19H,1H2,(H,12,13,14,15)/t4-,6-,7+,8+,11+/m0/s1. The fourth-order valence-electron chi connectivity index (χ4n) is 2.11. The monoisotopic (exact) mass is 314 g/mol. The summed E-state index contributed by atoms with van der Waals surface area (Å²) in [7, 11) is 0. The molecule has 10 heteroatoms. The van der Waals surface area contributed by atoms with Crippen LogP contribution in [0.3, 0.4) is 0 Å². The molecule has 0 amide bonds. The number of imidazole rings is 1. The lowest BCUT2D eigenvalue weighted by molar-refractivity contribution is -0.205. The van der Waals surface area contributed by atoms with Crippen molar-refractivity contribution in [1.82, 2.24) is 19.9 Å². The summed E-state index contributed by atoms with van der Waals surface area (Å²) < 4.78 is 5.42. The van der Waals surface area contributed by atoms with E-state index in [1.807, 2.05) is 0 Å². The van der Waals surface area contributed by atoms with Crippen molar-refractivity contribution >= 4 is 22.9 Å². The van der Waals surface area contributed by atoms with Crippen LogP contribution in [-0.4, -0.2) is 76.8 Å². The SMILES string of the molecule is OC[C@@H]1O[C@H](Sc2ncnc3nc[nH]c23)[C@H](O)[C@H](O)[C@H]1O. The highest BCUT2D eigenvalue weighted by Crippen LogP contribution is 2.34. The summed E-state index contributed by atoms with van der Waals surface area (Å²) in [6, 6.07) is 0. The molecule has 0 bridgehead atoms. The van der Waals surface area contributed by atoms with Crippen molar-refractivity contribution in [2.24, 2.45) is 0 Å². The van der Waals surface area contributed by atoms with Crippen LogP contribution in [0, 0.1) is 0 Å². The summed E-state index contributed by atoms with van der Waals surface area (Å²) in [4.78, 5) is 14.9. The van der Waals surface area contributed by atoms with E-state index >= 15 is 0 Å². The molecule has 5 N–H and O–H groups in total. The van der Waals surface area contributed by atoms with Crippen molar-refractivity contribution in [1.29, 1.82) is 0 Å². The lowest BCUT2D eigenvalue weighted by Gasteiger charge is -2.39. The van der Waals surface area contributed by atoms with Crippen molar-refractivity contribution in [2.45, 2.75) is 34.9 Å². The number of hydrogen-bond donors (Lipinski definition) is 5. The molecule has 114 valence electrons. The number of ether oxygens (including phenoxy) is 1. The number of nitrogens with one attached hydrogen (secondary N) is 1. The van der Waals surface area contributed by atoms with Crippen LogP contribution in [0.1, 0.15) is 0 Å². The Hall–Kier alpha value is -1.30. The van der Waals surface area contributed by atoms with Crippen molar-refractivity contribution in [3.63, 3.8) is 0 Å². The Bertz CT molecular complexity index is 623. The molecule has 0 radical (unpaired) electrons. The summed E-state index contributed by atoms with van der Waals surface area (Å²) in [6.45, 7) is -0.467. The van der Waals surface area contributed by atoms with Gasteiger partial charge in [0, 0.05) is 0 Å². The second-order valence-corrected chi connectivity index (χ2v) is 5.68. The maximum absolute atomic E-state index is 10.00. The van der Waals surface area contributed by atoms with Gasteiger partial charge >= 0.3 is 0 Å². The summed E-state index contributed by atoms with van der Waals surface area (Å²) >= 11 is 1.05. The molecule has 3 rings (SSSR count). The van der Waals surface area contributed by atoms with Gasteiger partial charge in [0.2, 0.25) is 0 Å². The number of aromatic amines is 1. The first kappa shape index (κ1) is 14.6. The Morgan fingerprint density at radius 3 is 2.71 bits per heavy atom. The van der Waals surface area contributed by atoms with Gasteiger partial charge in [-0.05, 0) is 0 Å². The van der Waals surface area contributed by atoms with Gasteiger partial charge in [0.1, 0.15) is 46.7 Å². The van der Waals surface area contributed by atoms with Gasteiger partial charge in [0.15, 0.2) is 5.65 Å². The van der Waals surface area contributed by atoms with E-state index in [0.29, 0.717) is 16.2 Å². The molecule has 1 aliphatic rings. The Morgan fingerprint density at radius 1 is 1.14 bits per heavy atom. The summed E-state index contributed by atoms with van der Waals surface area (Å²) in [6.07, 6.45) is -2.25. The molecular weight excluding hydrogens is 300 g/mol. The minimum Gasteiger partial charge on any atom is -0.394 e. The minimum absolute atomic E-state index is 0.467. The van der Waals surface area contributed by atoms with Crippen LogP contribution >= 0.6 is 11.8 Å². The van der Waals surface area contributed by atoms with Crippen LogP contribution in [-0.2, 0) is 4.74 Å². The van der Waals surface area contributed by atoms with Gasteiger partial charge in [-0.25, -0.2) is 15.0 Å². The molecule has 2 aromatic heterocycles. The smallest absolute Gasteiger partial charge is 0.181 e. The molecule has 0 saturated carbocycles. The Labute approximate surface area is 123 Å². The van der Waals surface area contributed by atoms with E-state index in [4.69, 9.17) is 9.84 Å². The minimum atomic E-state index is -1.41. The Kier molecular flexibility index (Phi) is 4.06. The third-order valence-electron chi connectivity index (χ3n) is 3.26. The zero-order valence-electron chi connectivity index (χ0n) is 10.7. The van der Waals surface area contributed by atoms with Crippen molar-refractivity contribution in [3.8, 4) is 0 Å². The number of aromatic nitrogens is 4. The second-order valence-electron chi connectivity index (χ2n) is 4.60. The van der Waals surface area contributed by atoms with Gasteiger partial charge in [-0.1, -0.05) is 11.8 Å². The molecular formula is C11H14N4O5S. The topological polar surface area (TPSA) is 145 Å². The molecule has 0 unspecified atom stereocenters. The lowest BCUT2D eigenvalue weighted by Crippen LogP contribution is -2.57. The zero-order valence-corrected chi connectivity index (χ0v) is 11.5. The molecule has 1 fully saturated rings. The van der Waals surface area contributed by atoms with Gasteiger partial charge in [0.05, 0.1) is 12.9 Å². The predicted molar refractivity (Wildman–Crippen MR) is 71.3 cm³/mol. The fraction of sp³-hybridized carbons (Fsp3) is 0.545. The van der Waals surface area contributed by atoms with Crippen molar-refractivity contribution in [2.75, 3.05) is 6.61 Å². The van der Waals surface area contributed by atoms with E-state index in [9.17, 15) is 15.3 Å². The van der Waals surface area contributed by atoms with Crippen LogP contribution in [0.4, 0.5) is 0 Å². The zero-order chi connectivity index (χ0) is 15.0. The molecule has 0 aromatic carbocycles. The van der Waals surface area contributed by atoms with Crippen LogP contribution < -0.4 is 0 Å². The number of thioether (sulfide) groups is 1. The molecule has 5 atom stereocenters. The number of hydrogen-bond acceptors (Lipinski definition) is 9.